The van der Waals surface area contributed by atoms with Crippen LogP contribution in [0.1, 0.15) is 50.1 Å². The van der Waals surface area contributed by atoms with E-state index in [1.54, 1.807) is 17.8 Å². The molecule has 148 valence electrons. The second kappa shape index (κ2) is 8.20. The second-order valence-electron chi connectivity index (χ2n) is 7.04. The van der Waals surface area contributed by atoms with E-state index in [1.807, 2.05) is 55.7 Å². The molecule has 0 radical (unpaired) electrons. The van der Waals surface area contributed by atoms with Crippen molar-refractivity contribution in [1.82, 2.24) is 34.4 Å². The fourth-order valence-corrected chi connectivity index (χ4v) is 3.05. The molecule has 1 atom stereocenters. The van der Waals surface area contributed by atoms with Crippen molar-refractivity contribution in [2.24, 2.45) is 0 Å². The van der Waals surface area contributed by atoms with Crippen LogP contribution in [-0.4, -0.2) is 35.0 Å². The van der Waals surface area contributed by atoms with Gasteiger partial charge in [0, 0.05) is 6.04 Å². The highest BCUT2D eigenvalue weighted by Crippen LogP contribution is 2.14. The Kier molecular flexibility index (Phi) is 5.72. The van der Waals surface area contributed by atoms with Crippen LogP contribution in [0.25, 0.3) is 0 Å². The third-order valence-corrected chi connectivity index (χ3v) is 4.51. The van der Waals surface area contributed by atoms with Gasteiger partial charge >= 0.3 is 5.69 Å². The number of nitrogens with zero attached hydrogens (tertiary/aromatic N) is 6. The van der Waals surface area contributed by atoms with E-state index < -0.39 is 0 Å². The Morgan fingerprint density at radius 2 is 1.89 bits per heavy atom. The lowest BCUT2D eigenvalue weighted by Crippen LogP contribution is -2.36. The van der Waals surface area contributed by atoms with Gasteiger partial charge in [0.2, 0.25) is 5.91 Å². The molecule has 3 rings (SSSR count). The summed E-state index contributed by atoms with van der Waals surface area (Å²) in [5, 5.41) is 15.1. The minimum Gasteiger partial charge on any atom is -0.345 e. The zero-order valence-corrected chi connectivity index (χ0v) is 16.5. The lowest BCUT2D eigenvalue weighted by Gasteiger charge is -2.16. The summed E-state index contributed by atoms with van der Waals surface area (Å²) in [6, 6.07) is 9.51. The highest BCUT2D eigenvalue weighted by atomic mass is 16.2. The molecule has 1 amide bonds. The number of rotatable bonds is 7. The standard InChI is InChI=1S/C19H25N7O2/c1-13(2)25-12-20-22-18(25)14(3)21-17(27)11-26-19(28)24(15(4)23-26)10-16-8-6-5-7-9-16/h5-9,12-14H,10-11H2,1-4H3,(H,21,27). The summed E-state index contributed by atoms with van der Waals surface area (Å²) in [5.41, 5.74) is 0.688. The molecule has 0 saturated carbocycles. The van der Waals surface area contributed by atoms with Crippen molar-refractivity contribution in [2.75, 3.05) is 0 Å². The second-order valence-corrected chi connectivity index (χ2v) is 7.04. The maximum absolute atomic E-state index is 12.6. The summed E-state index contributed by atoms with van der Waals surface area (Å²) in [6.07, 6.45) is 1.64. The van der Waals surface area contributed by atoms with E-state index >= 15 is 0 Å². The zero-order valence-electron chi connectivity index (χ0n) is 16.5. The number of aromatic nitrogens is 6. The van der Waals surface area contributed by atoms with Gasteiger partial charge < -0.3 is 9.88 Å². The fourth-order valence-electron chi connectivity index (χ4n) is 3.05. The van der Waals surface area contributed by atoms with Crippen molar-refractivity contribution in [3.05, 3.63) is 64.4 Å². The molecular formula is C19H25N7O2. The SMILES string of the molecule is Cc1nn(CC(=O)NC(C)c2nncn2C(C)C)c(=O)n1Cc1ccccc1. The van der Waals surface area contributed by atoms with E-state index in [9.17, 15) is 9.59 Å². The van der Waals surface area contributed by atoms with Gasteiger partial charge in [-0.3, -0.25) is 9.36 Å². The summed E-state index contributed by atoms with van der Waals surface area (Å²) >= 11 is 0. The van der Waals surface area contributed by atoms with Gasteiger partial charge in [-0.15, -0.1) is 10.2 Å². The first-order chi connectivity index (χ1) is 13.4. The van der Waals surface area contributed by atoms with Gasteiger partial charge in [0.1, 0.15) is 18.7 Å². The van der Waals surface area contributed by atoms with Gasteiger partial charge in [-0.1, -0.05) is 30.3 Å². The van der Waals surface area contributed by atoms with Crippen LogP contribution in [0.2, 0.25) is 0 Å². The summed E-state index contributed by atoms with van der Waals surface area (Å²) in [5.74, 6) is 0.924. The third-order valence-electron chi connectivity index (χ3n) is 4.51. The molecule has 0 fully saturated rings. The predicted molar refractivity (Wildman–Crippen MR) is 104 cm³/mol. The lowest BCUT2D eigenvalue weighted by atomic mass is 10.2. The molecule has 28 heavy (non-hydrogen) atoms. The number of aryl methyl sites for hydroxylation is 1. The van der Waals surface area contributed by atoms with Crippen molar-refractivity contribution in [1.29, 1.82) is 0 Å². The lowest BCUT2D eigenvalue weighted by molar-refractivity contribution is -0.122. The third kappa shape index (κ3) is 4.19. The molecule has 1 N–H and O–H groups in total. The average molecular weight is 383 g/mol. The summed E-state index contributed by atoms with van der Waals surface area (Å²) in [4.78, 5) is 25.1. The largest absolute Gasteiger partial charge is 0.346 e. The molecule has 0 aliphatic rings. The maximum Gasteiger partial charge on any atom is 0.346 e. The Bertz CT molecular complexity index is 1000. The molecule has 0 aliphatic heterocycles. The smallest absolute Gasteiger partial charge is 0.345 e. The predicted octanol–water partition coefficient (Wildman–Crippen LogP) is 1.45. The molecule has 0 bridgehead atoms. The Hall–Kier alpha value is -3.23. The Labute approximate surface area is 163 Å². The van der Waals surface area contributed by atoms with E-state index in [0.29, 0.717) is 18.2 Å². The minimum atomic E-state index is -0.333. The van der Waals surface area contributed by atoms with Gasteiger partial charge in [-0.25, -0.2) is 9.48 Å². The molecule has 0 aliphatic carbocycles. The van der Waals surface area contributed by atoms with Crippen LogP contribution in [-0.2, 0) is 17.9 Å². The molecule has 1 aromatic carbocycles. The quantitative estimate of drug-likeness (QED) is 0.666. The maximum atomic E-state index is 12.6. The Morgan fingerprint density at radius 1 is 1.18 bits per heavy atom. The van der Waals surface area contributed by atoms with Crippen molar-refractivity contribution < 1.29 is 4.79 Å². The number of nitrogens with one attached hydrogen (secondary N) is 1. The highest BCUT2D eigenvalue weighted by molar-refractivity contribution is 5.75. The molecular weight excluding hydrogens is 358 g/mol. The molecule has 0 spiro atoms. The summed E-state index contributed by atoms with van der Waals surface area (Å²) < 4.78 is 4.64. The zero-order chi connectivity index (χ0) is 20.3. The molecule has 1 unspecified atom stereocenters. The molecule has 9 heteroatoms. The van der Waals surface area contributed by atoms with Crippen LogP contribution >= 0.6 is 0 Å². The number of hydrogen-bond acceptors (Lipinski definition) is 5. The topological polar surface area (TPSA) is 99.6 Å². The molecule has 0 saturated heterocycles. The van der Waals surface area contributed by atoms with Gasteiger partial charge in [0.05, 0.1) is 12.6 Å². The van der Waals surface area contributed by atoms with Crippen LogP contribution in [0.4, 0.5) is 0 Å². The molecule has 2 aromatic heterocycles. The fraction of sp³-hybridized carbons (Fsp3) is 0.421. The molecule has 9 nitrogen and oxygen atoms in total. The van der Waals surface area contributed by atoms with Crippen molar-refractivity contribution in [2.45, 2.75) is 52.9 Å². The first-order valence-corrected chi connectivity index (χ1v) is 9.23. The van der Waals surface area contributed by atoms with Gasteiger partial charge in [0.15, 0.2) is 5.82 Å². The summed E-state index contributed by atoms with van der Waals surface area (Å²) in [7, 11) is 0. The van der Waals surface area contributed by atoms with Crippen molar-refractivity contribution in [3.63, 3.8) is 0 Å². The number of benzene rings is 1. The average Bonchev–Trinajstić information content (AvgIpc) is 3.24. The van der Waals surface area contributed by atoms with Crippen LogP contribution in [0.5, 0.6) is 0 Å². The van der Waals surface area contributed by atoms with Gasteiger partial charge in [-0.05, 0) is 33.3 Å². The van der Waals surface area contributed by atoms with Crippen molar-refractivity contribution in [3.8, 4) is 0 Å². The van der Waals surface area contributed by atoms with E-state index in [2.05, 4.69) is 20.6 Å². The normalized spacial score (nSPS) is 12.3. The molecule has 3 aromatic rings. The van der Waals surface area contributed by atoms with Crippen LogP contribution in [0.15, 0.2) is 41.5 Å². The van der Waals surface area contributed by atoms with E-state index in [4.69, 9.17) is 0 Å². The number of amides is 1. The van der Waals surface area contributed by atoms with E-state index in [1.165, 1.54) is 4.68 Å². The Balaban J connectivity index is 1.70. The number of carbonyl (C=O) groups excluding carboxylic acids is 1. The van der Waals surface area contributed by atoms with Crippen LogP contribution in [0, 0.1) is 6.92 Å². The highest BCUT2D eigenvalue weighted by Gasteiger charge is 2.19. The first kappa shape index (κ1) is 19.5. The Morgan fingerprint density at radius 3 is 2.57 bits per heavy atom. The van der Waals surface area contributed by atoms with Gasteiger partial charge in [0.25, 0.3) is 0 Å². The van der Waals surface area contributed by atoms with Gasteiger partial charge in [-0.2, -0.15) is 5.10 Å². The van der Waals surface area contributed by atoms with E-state index in [-0.39, 0.29) is 30.2 Å². The minimum absolute atomic E-state index is 0.151. The van der Waals surface area contributed by atoms with Crippen LogP contribution in [0.3, 0.4) is 0 Å². The summed E-state index contributed by atoms with van der Waals surface area (Å²) in [6.45, 7) is 7.89. The number of hydrogen-bond donors (Lipinski definition) is 1. The van der Waals surface area contributed by atoms with Crippen molar-refractivity contribution >= 4 is 5.91 Å². The van der Waals surface area contributed by atoms with E-state index in [0.717, 1.165) is 5.56 Å². The first-order valence-electron chi connectivity index (χ1n) is 9.23. The van der Waals surface area contributed by atoms with Crippen LogP contribution < -0.4 is 11.0 Å². The monoisotopic (exact) mass is 383 g/mol. The molecule has 2 heterocycles. The number of carbonyl (C=O) groups is 1.